The highest BCUT2D eigenvalue weighted by Gasteiger charge is 2.14. The van der Waals surface area contributed by atoms with Crippen molar-refractivity contribution in [1.82, 2.24) is 0 Å². The van der Waals surface area contributed by atoms with Crippen LogP contribution in [0.1, 0.15) is 17.3 Å². The molecule has 0 atom stereocenters. The first-order chi connectivity index (χ1) is 10.0. The fourth-order valence-electron chi connectivity index (χ4n) is 1.80. The molecule has 110 valence electrons. The number of carbonyl (C=O) groups excluding carboxylic acids is 1. The number of ether oxygens (including phenoxy) is 1. The van der Waals surface area contributed by atoms with Gasteiger partial charge in [0, 0.05) is 9.50 Å². The summed E-state index contributed by atoms with van der Waals surface area (Å²) in [5.41, 5.74) is 8.15. The number of anilines is 3. The molecule has 0 aromatic heterocycles. The Hall–Kier alpha value is -1.72. The Balaban J connectivity index is 2.32. The molecule has 0 fully saturated rings. The maximum atomic E-state index is 11.8. The van der Waals surface area contributed by atoms with Crippen LogP contribution in [0.5, 0.6) is 0 Å². The van der Waals surface area contributed by atoms with Gasteiger partial charge in [0.1, 0.15) is 0 Å². The van der Waals surface area contributed by atoms with Gasteiger partial charge in [-0.1, -0.05) is 17.7 Å². The summed E-state index contributed by atoms with van der Waals surface area (Å²) in [6.45, 7) is 2.06. The molecular formula is C15H14BrClN2O2. The third-order valence-electron chi connectivity index (χ3n) is 2.80. The summed E-state index contributed by atoms with van der Waals surface area (Å²) < 4.78 is 5.78. The van der Waals surface area contributed by atoms with E-state index in [2.05, 4.69) is 21.2 Å². The van der Waals surface area contributed by atoms with Crippen LogP contribution in [0.25, 0.3) is 0 Å². The molecule has 0 bridgehead atoms. The maximum absolute atomic E-state index is 11.8. The van der Waals surface area contributed by atoms with Crippen LogP contribution in [-0.2, 0) is 4.74 Å². The van der Waals surface area contributed by atoms with E-state index in [1.807, 2.05) is 6.07 Å². The minimum Gasteiger partial charge on any atom is -0.462 e. The van der Waals surface area contributed by atoms with Crippen molar-refractivity contribution in [3.8, 4) is 0 Å². The Bertz CT molecular complexity index is 677. The van der Waals surface area contributed by atoms with Crippen LogP contribution in [0.3, 0.4) is 0 Å². The molecule has 4 nitrogen and oxygen atoms in total. The number of carbonyl (C=O) groups is 1. The number of nitrogens with two attached hydrogens (primary N) is 1. The Morgan fingerprint density at radius 3 is 2.76 bits per heavy atom. The third kappa shape index (κ3) is 3.68. The Kier molecular flexibility index (Phi) is 5.09. The lowest BCUT2D eigenvalue weighted by Crippen LogP contribution is -2.09. The van der Waals surface area contributed by atoms with Crippen molar-refractivity contribution in [2.24, 2.45) is 0 Å². The summed E-state index contributed by atoms with van der Waals surface area (Å²) in [6, 6.07) is 10.5. The van der Waals surface area contributed by atoms with E-state index >= 15 is 0 Å². The summed E-state index contributed by atoms with van der Waals surface area (Å²) in [7, 11) is 0. The fraction of sp³-hybridized carbons (Fsp3) is 0.133. The molecule has 0 aliphatic heterocycles. The van der Waals surface area contributed by atoms with Crippen LogP contribution in [0.2, 0.25) is 5.02 Å². The molecule has 0 saturated carbocycles. The first-order valence-corrected chi connectivity index (χ1v) is 7.47. The van der Waals surface area contributed by atoms with E-state index in [1.54, 1.807) is 37.3 Å². The second-order valence-electron chi connectivity index (χ2n) is 4.24. The number of rotatable bonds is 4. The Morgan fingerprint density at radius 1 is 1.33 bits per heavy atom. The van der Waals surface area contributed by atoms with Crippen LogP contribution in [-0.4, -0.2) is 12.6 Å². The number of nitrogens with one attached hydrogen (secondary N) is 1. The number of hydrogen-bond donors (Lipinski definition) is 2. The summed E-state index contributed by atoms with van der Waals surface area (Å²) in [5.74, 6) is -0.436. The van der Waals surface area contributed by atoms with Gasteiger partial charge in [-0.25, -0.2) is 4.79 Å². The van der Waals surface area contributed by atoms with Crippen molar-refractivity contribution in [1.29, 1.82) is 0 Å². The molecular weight excluding hydrogens is 356 g/mol. The summed E-state index contributed by atoms with van der Waals surface area (Å²) in [5, 5.41) is 3.79. The molecule has 2 aromatic rings. The van der Waals surface area contributed by atoms with Crippen molar-refractivity contribution in [2.45, 2.75) is 6.92 Å². The molecule has 3 N–H and O–H groups in total. The van der Waals surface area contributed by atoms with Gasteiger partial charge < -0.3 is 15.8 Å². The van der Waals surface area contributed by atoms with Crippen LogP contribution >= 0.6 is 27.5 Å². The highest BCUT2D eigenvalue weighted by atomic mass is 79.9. The Labute approximate surface area is 136 Å². The minimum atomic E-state index is -0.436. The van der Waals surface area contributed by atoms with Crippen molar-refractivity contribution in [3.63, 3.8) is 0 Å². The van der Waals surface area contributed by atoms with E-state index in [0.29, 0.717) is 28.6 Å². The van der Waals surface area contributed by atoms with Gasteiger partial charge in [0.2, 0.25) is 0 Å². The monoisotopic (exact) mass is 368 g/mol. The molecule has 6 heteroatoms. The smallest absolute Gasteiger partial charge is 0.340 e. The highest BCUT2D eigenvalue weighted by Crippen LogP contribution is 2.32. The molecule has 0 amide bonds. The van der Waals surface area contributed by atoms with E-state index in [4.69, 9.17) is 22.1 Å². The lowest BCUT2D eigenvalue weighted by atomic mass is 10.1. The Morgan fingerprint density at radius 2 is 2.10 bits per heavy atom. The lowest BCUT2D eigenvalue weighted by Gasteiger charge is -2.13. The van der Waals surface area contributed by atoms with Gasteiger partial charge in [0.25, 0.3) is 0 Å². The zero-order chi connectivity index (χ0) is 15.4. The van der Waals surface area contributed by atoms with E-state index in [9.17, 15) is 4.79 Å². The van der Waals surface area contributed by atoms with E-state index in [-0.39, 0.29) is 0 Å². The van der Waals surface area contributed by atoms with Crippen LogP contribution in [0.4, 0.5) is 17.1 Å². The number of halogens is 2. The summed E-state index contributed by atoms with van der Waals surface area (Å²) in [4.78, 5) is 11.8. The molecule has 0 aliphatic carbocycles. The van der Waals surface area contributed by atoms with Crippen molar-refractivity contribution in [2.75, 3.05) is 17.7 Å². The van der Waals surface area contributed by atoms with Gasteiger partial charge in [-0.15, -0.1) is 0 Å². The minimum absolute atomic E-state index is 0.304. The van der Waals surface area contributed by atoms with Crippen LogP contribution in [0.15, 0.2) is 40.9 Å². The molecule has 0 heterocycles. The highest BCUT2D eigenvalue weighted by molar-refractivity contribution is 9.10. The largest absolute Gasteiger partial charge is 0.462 e. The van der Waals surface area contributed by atoms with Gasteiger partial charge in [0.05, 0.1) is 29.2 Å². The van der Waals surface area contributed by atoms with Crippen LogP contribution in [0, 0.1) is 0 Å². The lowest BCUT2D eigenvalue weighted by molar-refractivity contribution is 0.0527. The molecule has 2 aromatic carbocycles. The van der Waals surface area contributed by atoms with Gasteiger partial charge in [-0.3, -0.25) is 0 Å². The molecule has 2 rings (SSSR count). The predicted octanol–water partition coefficient (Wildman–Crippen LogP) is 4.61. The van der Waals surface area contributed by atoms with E-state index in [0.717, 1.165) is 10.2 Å². The summed E-state index contributed by atoms with van der Waals surface area (Å²) in [6.07, 6.45) is 0. The molecule has 0 aliphatic rings. The first-order valence-electron chi connectivity index (χ1n) is 6.30. The number of esters is 1. The third-order valence-corrected chi connectivity index (χ3v) is 3.69. The molecule has 0 unspecified atom stereocenters. The average Bonchev–Trinajstić information content (AvgIpc) is 2.44. The topological polar surface area (TPSA) is 64.3 Å². The van der Waals surface area contributed by atoms with Gasteiger partial charge >= 0.3 is 5.97 Å². The fourth-order valence-corrected chi connectivity index (χ4v) is 2.58. The van der Waals surface area contributed by atoms with Gasteiger partial charge in [-0.05, 0) is 53.2 Å². The second kappa shape index (κ2) is 6.83. The SMILES string of the molecule is CCOC(=O)c1cccc(Nc2ccc(Cl)cc2Br)c1N. The summed E-state index contributed by atoms with van der Waals surface area (Å²) >= 11 is 9.33. The number of hydrogen-bond acceptors (Lipinski definition) is 4. The normalized spacial score (nSPS) is 10.2. The van der Waals surface area contributed by atoms with Crippen LogP contribution < -0.4 is 11.1 Å². The van der Waals surface area contributed by atoms with Crippen molar-refractivity contribution < 1.29 is 9.53 Å². The van der Waals surface area contributed by atoms with Crippen molar-refractivity contribution >= 4 is 50.6 Å². The molecule has 0 radical (unpaired) electrons. The quantitative estimate of drug-likeness (QED) is 0.610. The number of para-hydroxylation sites is 1. The van der Waals surface area contributed by atoms with E-state index < -0.39 is 5.97 Å². The van der Waals surface area contributed by atoms with Crippen molar-refractivity contribution in [3.05, 3.63) is 51.5 Å². The second-order valence-corrected chi connectivity index (χ2v) is 5.53. The van der Waals surface area contributed by atoms with Gasteiger partial charge in [0.15, 0.2) is 0 Å². The first kappa shape index (κ1) is 15.7. The van der Waals surface area contributed by atoms with Gasteiger partial charge in [-0.2, -0.15) is 0 Å². The standard InChI is InChI=1S/C15H14BrClN2O2/c1-2-21-15(20)10-4-3-5-13(14(10)18)19-12-7-6-9(17)8-11(12)16/h3-8,19H,2,18H2,1H3. The zero-order valence-electron chi connectivity index (χ0n) is 11.3. The molecule has 21 heavy (non-hydrogen) atoms. The average molecular weight is 370 g/mol. The molecule has 0 spiro atoms. The zero-order valence-corrected chi connectivity index (χ0v) is 13.7. The van der Waals surface area contributed by atoms with E-state index in [1.165, 1.54) is 0 Å². The molecule has 0 saturated heterocycles. The number of nitrogen functional groups attached to an aromatic ring is 1. The predicted molar refractivity (Wildman–Crippen MR) is 89.2 cm³/mol. The number of benzene rings is 2. The maximum Gasteiger partial charge on any atom is 0.340 e.